The van der Waals surface area contributed by atoms with Gasteiger partial charge in [0.05, 0.1) is 18.4 Å². The molecule has 0 amide bonds. The second-order valence-electron chi connectivity index (χ2n) is 5.80. The lowest BCUT2D eigenvalue weighted by atomic mass is 9.68. The first kappa shape index (κ1) is 17.2. The van der Waals surface area contributed by atoms with Gasteiger partial charge in [0.1, 0.15) is 0 Å². The predicted molar refractivity (Wildman–Crippen MR) is 74.5 cm³/mol. The van der Waals surface area contributed by atoms with Crippen molar-refractivity contribution in [3.05, 3.63) is 12.2 Å². The van der Waals surface area contributed by atoms with Gasteiger partial charge >= 0.3 is 17.9 Å². The van der Waals surface area contributed by atoms with Crippen molar-refractivity contribution in [3.63, 3.8) is 0 Å². The standard InChI is InChI=1S/C15H22O6/c1-8(2)15(20)21-5-4-10-7-12(14(18)19)11(13(16)17)6-9(10)3/h9-12H,1,4-7H2,2-3H3,(H,16,17)(H,18,19). The van der Waals surface area contributed by atoms with Crippen LogP contribution in [0.25, 0.3) is 0 Å². The van der Waals surface area contributed by atoms with Crippen LogP contribution in [-0.4, -0.2) is 34.7 Å². The Kier molecular flexibility index (Phi) is 5.93. The molecule has 0 aromatic heterocycles. The van der Waals surface area contributed by atoms with Gasteiger partial charge in [-0.05, 0) is 38.0 Å². The Hall–Kier alpha value is -1.85. The lowest BCUT2D eigenvalue weighted by Crippen LogP contribution is -2.39. The molecule has 0 aliphatic heterocycles. The van der Waals surface area contributed by atoms with Gasteiger partial charge in [0.2, 0.25) is 0 Å². The summed E-state index contributed by atoms with van der Waals surface area (Å²) in [5, 5.41) is 18.3. The van der Waals surface area contributed by atoms with Crippen LogP contribution in [0.15, 0.2) is 12.2 Å². The van der Waals surface area contributed by atoms with Crippen molar-refractivity contribution in [2.24, 2.45) is 23.7 Å². The maximum atomic E-state index is 11.3. The smallest absolute Gasteiger partial charge is 0.333 e. The molecular formula is C15H22O6. The maximum Gasteiger partial charge on any atom is 0.333 e. The topological polar surface area (TPSA) is 101 Å². The van der Waals surface area contributed by atoms with E-state index in [1.807, 2.05) is 6.92 Å². The van der Waals surface area contributed by atoms with Crippen LogP contribution in [0.2, 0.25) is 0 Å². The van der Waals surface area contributed by atoms with Gasteiger partial charge in [-0.15, -0.1) is 0 Å². The maximum absolute atomic E-state index is 11.3. The van der Waals surface area contributed by atoms with Crippen LogP contribution >= 0.6 is 0 Å². The number of carboxylic acids is 2. The average Bonchev–Trinajstić information content (AvgIpc) is 2.39. The SMILES string of the molecule is C=C(C)C(=O)OCCC1CC(C(=O)O)C(C(=O)O)CC1C. The molecule has 0 aromatic carbocycles. The molecule has 1 saturated carbocycles. The first-order valence-electron chi connectivity index (χ1n) is 7.02. The number of hydrogen-bond acceptors (Lipinski definition) is 4. The highest BCUT2D eigenvalue weighted by atomic mass is 16.5. The van der Waals surface area contributed by atoms with E-state index in [9.17, 15) is 19.5 Å². The quantitative estimate of drug-likeness (QED) is 0.574. The Balaban J connectivity index is 2.60. The summed E-state index contributed by atoms with van der Waals surface area (Å²) >= 11 is 0. The van der Waals surface area contributed by atoms with Crippen molar-refractivity contribution in [2.45, 2.75) is 33.1 Å². The fraction of sp³-hybridized carbons (Fsp3) is 0.667. The predicted octanol–water partition coefficient (Wildman–Crippen LogP) is 1.94. The van der Waals surface area contributed by atoms with Gasteiger partial charge in [-0.2, -0.15) is 0 Å². The van der Waals surface area contributed by atoms with E-state index in [2.05, 4.69) is 6.58 Å². The van der Waals surface area contributed by atoms with Gasteiger partial charge in [-0.3, -0.25) is 9.59 Å². The normalized spacial score (nSPS) is 28.7. The van der Waals surface area contributed by atoms with Crippen molar-refractivity contribution >= 4 is 17.9 Å². The summed E-state index contributed by atoms with van der Waals surface area (Å²) in [7, 11) is 0. The van der Waals surface area contributed by atoms with Gasteiger partial charge in [-0.25, -0.2) is 4.79 Å². The van der Waals surface area contributed by atoms with Crippen LogP contribution in [0.4, 0.5) is 0 Å². The Morgan fingerprint density at radius 3 is 2.14 bits per heavy atom. The molecule has 6 heteroatoms. The van der Waals surface area contributed by atoms with Crippen LogP contribution in [0.1, 0.15) is 33.1 Å². The Morgan fingerprint density at radius 1 is 1.14 bits per heavy atom. The van der Waals surface area contributed by atoms with E-state index in [0.717, 1.165) is 0 Å². The van der Waals surface area contributed by atoms with E-state index in [1.165, 1.54) is 0 Å². The van der Waals surface area contributed by atoms with Crippen molar-refractivity contribution < 1.29 is 29.3 Å². The third-order valence-electron chi connectivity index (χ3n) is 4.18. The molecule has 1 fully saturated rings. The van der Waals surface area contributed by atoms with Gasteiger partial charge in [0.15, 0.2) is 0 Å². The van der Waals surface area contributed by atoms with Crippen molar-refractivity contribution in [1.82, 2.24) is 0 Å². The number of carbonyl (C=O) groups excluding carboxylic acids is 1. The summed E-state index contributed by atoms with van der Waals surface area (Å²) in [6.07, 6.45) is 1.18. The number of carbonyl (C=O) groups is 3. The molecule has 2 N–H and O–H groups in total. The third-order valence-corrected chi connectivity index (χ3v) is 4.18. The number of rotatable bonds is 6. The summed E-state index contributed by atoms with van der Waals surface area (Å²) in [4.78, 5) is 33.7. The van der Waals surface area contributed by atoms with Gasteiger partial charge in [-0.1, -0.05) is 13.5 Å². The summed E-state index contributed by atoms with van der Waals surface area (Å²) in [5.74, 6) is -4.17. The minimum Gasteiger partial charge on any atom is -0.481 e. The largest absolute Gasteiger partial charge is 0.481 e. The summed E-state index contributed by atoms with van der Waals surface area (Å²) in [6.45, 7) is 7.16. The van der Waals surface area contributed by atoms with Crippen LogP contribution in [0.5, 0.6) is 0 Å². The van der Waals surface area contributed by atoms with Crippen molar-refractivity contribution in [1.29, 1.82) is 0 Å². The molecule has 0 radical (unpaired) electrons. The van der Waals surface area contributed by atoms with Crippen LogP contribution in [0, 0.1) is 23.7 Å². The Labute approximate surface area is 123 Å². The number of hydrogen-bond donors (Lipinski definition) is 2. The molecule has 1 aliphatic rings. The second kappa shape index (κ2) is 7.24. The van der Waals surface area contributed by atoms with Gasteiger partial charge in [0, 0.05) is 5.57 Å². The zero-order chi connectivity index (χ0) is 16.2. The molecule has 1 aliphatic carbocycles. The summed E-state index contributed by atoms with van der Waals surface area (Å²) in [6, 6.07) is 0. The van der Waals surface area contributed by atoms with E-state index in [0.29, 0.717) is 24.8 Å². The molecule has 0 saturated heterocycles. The number of esters is 1. The monoisotopic (exact) mass is 298 g/mol. The van der Waals surface area contributed by atoms with E-state index >= 15 is 0 Å². The van der Waals surface area contributed by atoms with Crippen molar-refractivity contribution in [3.8, 4) is 0 Å². The summed E-state index contributed by atoms with van der Waals surface area (Å²) < 4.78 is 5.02. The van der Waals surface area contributed by atoms with Crippen LogP contribution < -0.4 is 0 Å². The van der Waals surface area contributed by atoms with Crippen LogP contribution in [-0.2, 0) is 19.1 Å². The lowest BCUT2D eigenvalue weighted by Gasteiger charge is -2.36. The number of aliphatic carboxylic acids is 2. The number of ether oxygens (including phenoxy) is 1. The molecule has 4 atom stereocenters. The van der Waals surface area contributed by atoms with Gasteiger partial charge in [0.25, 0.3) is 0 Å². The summed E-state index contributed by atoms with van der Waals surface area (Å²) in [5.41, 5.74) is 0.320. The minimum absolute atomic E-state index is 0.0413. The van der Waals surface area contributed by atoms with E-state index < -0.39 is 29.7 Å². The molecule has 0 aromatic rings. The highest BCUT2D eigenvalue weighted by Gasteiger charge is 2.42. The highest BCUT2D eigenvalue weighted by Crippen LogP contribution is 2.39. The van der Waals surface area contributed by atoms with Crippen molar-refractivity contribution in [2.75, 3.05) is 6.61 Å². The molecule has 0 bridgehead atoms. The average molecular weight is 298 g/mol. The van der Waals surface area contributed by atoms with Gasteiger partial charge < -0.3 is 14.9 Å². The fourth-order valence-corrected chi connectivity index (χ4v) is 2.85. The first-order valence-corrected chi connectivity index (χ1v) is 7.02. The highest BCUT2D eigenvalue weighted by molar-refractivity contribution is 5.86. The fourth-order valence-electron chi connectivity index (χ4n) is 2.85. The van der Waals surface area contributed by atoms with E-state index in [4.69, 9.17) is 9.84 Å². The molecule has 21 heavy (non-hydrogen) atoms. The third kappa shape index (κ3) is 4.58. The Morgan fingerprint density at radius 2 is 1.67 bits per heavy atom. The zero-order valence-corrected chi connectivity index (χ0v) is 12.4. The zero-order valence-electron chi connectivity index (χ0n) is 12.4. The molecule has 6 nitrogen and oxygen atoms in total. The second-order valence-corrected chi connectivity index (χ2v) is 5.80. The molecule has 118 valence electrons. The lowest BCUT2D eigenvalue weighted by molar-refractivity contribution is -0.158. The number of carboxylic acid groups (broad SMARTS) is 2. The van der Waals surface area contributed by atoms with E-state index in [-0.39, 0.29) is 18.4 Å². The first-order chi connectivity index (χ1) is 9.73. The van der Waals surface area contributed by atoms with Crippen LogP contribution in [0.3, 0.4) is 0 Å². The molecule has 0 heterocycles. The molecule has 1 rings (SSSR count). The molecule has 0 spiro atoms. The molecule has 4 unspecified atom stereocenters. The molecular weight excluding hydrogens is 276 g/mol. The minimum atomic E-state index is -1.07. The Bertz CT molecular complexity index is 441. The van der Waals surface area contributed by atoms with E-state index in [1.54, 1.807) is 6.92 Å².